The first-order valence-corrected chi connectivity index (χ1v) is 6.35. The van der Waals surface area contributed by atoms with Crippen molar-refractivity contribution in [2.75, 3.05) is 7.11 Å². The first-order chi connectivity index (χ1) is 8.39. The largest absolute Gasteiger partial charge is 0.468 e. The Morgan fingerprint density at radius 2 is 2.00 bits per heavy atom. The van der Waals surface area contributed by atoms with E-state index in [-0.39, 0.29) is 11.5 Å². The van der Waals surface area contributed by atoms with Crippen LogP contribution in [0, 0.1) is 0 Å². The summed E-state index contributed by atoms with van der Waals surface area (Å²) in [6.07, 6.45) is 2.98. The van der Waals surface area contributed by atoms with E-state index in [9.17, 15) is 4.79 Å². The van der Waals surface area contributed by atoms with Crippen molar-refractivity contribution < 1.29 is 9.53 Å². The number of hydrogen-bond donors (Lipinski definition) is 1. The van der Waals surface area contributed by atoms with Gasteiger partial charge in [-0.3, -0.25) is 4.79 Å². The first-order valence-electron chi connectivity index (χ1n) is 6.35. The van der Waals surface area contributed by atoms with E-state index in [0.717, 1.165) is 30.4 Å². The highest BCUT2D eigenvalue weighted by Crippen LogP contribution is 2.38. The average Bonchev–Trinajstić information content (AvgIpc) is 3.06. The third-order valence-corrected chi connectivity index (χ3v) is 3.82. The van der Waals surface area contributed by atoms with Gasteiger partial charge in [0.1, 0.15) is 0 Å². The molecule has 1 fully saturated rings. The molecule has 0 unspecified atom stereocenters. The zero-order valence-corrected chi connectivity index (χ0v) is 11.3. The number of esters is 1. The lowest BCUT2D eigenvalue weighted by Gasteiger charge is -2.26. The topological polar surface area (TPSA) is 52.3 Å². The molecule has 0 amide bonds. The van der Waals surface area contributed by atoms with Crippen LogP contribution in [-0.2, 0) is 21.4 Å². The molecule has 0 bridgehead atoms. The molecule has 0 heterocycles. The molecule has 0 aromatic heterocycles. The maximum atomic E-state index is 11.9. The average molecular weight is 247 g/mol. The molecule has 3 nitrogen and oxygen atoms in total. The van der Waals surface area contributed by atoms with E-state index in [4.69, 9.17) is 10.5 Å². The molecular formula is C15H21NO2. The smallest absolute Gasteiger partial charge is 0.315 e. The summed E-state index contributed by atoms with van der Waals surface area (Å²) in [5.74, 6) is -0.211. The summed E-state index contributed by atoms with van der Waals surface area (Å²) >= 11 is 0. The van der Waals surface area contributed by atoms with E-state index < -0.39 is 5.41 Å². The second kappa shape index (κ2) is 4.39. The third kappa shape index (κ3) is 2.41. The third-order valence-electron chi connectivity index (χ3n) is 3.82. The van der Waals surface area contributed by atoms with Gasteiger partial charge in [-0.15, -0.1) is 0 Å². The SMILES string of the molecule is COC(=O)C(C)(C)c1ccccc1CC1(N)CC1. The Kier molecular flexibility index (Phi) is 3.20. The predicted molar refractivity (Wildman–Crippen MR) is 71.3 cm³/mol. The Labute approximate surface area is 108 Å². The Bertz CT molecular complexity index is 461. The molecule has 3 heteroatoms. The molecule has 0 aliphatic heterocycles. The molecule has 1 aliphatic carbocycles. The zero-order chi connectivity index (χ0) is 13.4. The van der Waals surface area contributed by atoms with Gasteiger partial charge in [0, 0.05) is 5.54 Å². The van der Waals surface area contributed by atoms with E-state index in [2.05, 4.69) is 6.07 Å². The summed E-state index contributed by atoms with van der Waals surface area (Å²) in [6.45, 7) is 3.79. The fourth-order valence-electron chi connectivity index (χ4n) is 2.37. The Hall–Kier alpha value is -1.35. The van der Waals surface area contributed by atoms with Crippen LogP contribution in [0.15, 0.2) is 24.3 Å². The highest BCUT2D eigenvalue weighted by molar-refractivity contribution is 5.82. The van der Waals surface area contributed by atoms with Gasteiger partial charge < -0.3 is 10.5 Å². The molecule has 0 spiro atoms. The van der Waals surface area contributed by atoms with Crippen molar-refractivity contribution >= 4 is 5.97 Å². The van der Waals surface area contributed by atoms with Gasteiger partial charge in [0.15, 0.2) is 0 Å². The second-order valence-electron chi connectivity index (χ2n) is 5.81. The highest BCUT2D eigenvalue weighted by atomic mass is 16.5. The van der Waals surface area contributed by atoms with E-state index in [1.54, 1.807) is 0 Å². The minimum atomic E-state index is -0.628. The van der Waals surface area contributed by atoms with Gasteiger partial charge in [0.2, 0.25) is 0 Å². The number of carbonyl (C=O) groups is 1. The quantitative estimate of drug-likeness (QED) is 0.830. The van der Waals surface area contributed by atoms with Crippen LogP contribution in [0.25, 0.3) is 0 Å². The number of carbonyl (C=O) groups excluding carboxylic acids is 1. The lowest BCUT2D eigenvalue weighted by Crippen LogP contribution is -2.33. The normalized spacial score (nSPS) is 17.3. The van der Waals surface area contributed by atoms with Crippen LogP contribution >= 0.6 is 0 Å². The van der Waals surface area contributed by atoms with E-state index >= 15 is 0 Å². The number of rotatable bonds is 4. The second-order valence-corrected chi connectivity index (χ2v) is 5.81. The first kappa shape index (κ1) is 13.1. The van der Waals surface area contributed by atoms with Crippen LogP contribution < -0.4 is 5.73 Å². The standard InChI is InChI=1S/C15H21NO2/c1-14(2,13(17)18-3)12-7-5-4-6-11(12)10-15(16)8-9-15/h4-7H,8-10,16H2,1-3H3. The number of benzene rings is 1. The zero-order valence-electron chi connectivity index (χ0n) is 11.3. The van der Waals surface area contributed by atoms with Crippen molar-refractivity contribution in [3.63, 3.8) is 0 Å². The lowest BCUT2D eigenvalue weighted by molar-refractivity contribution is -0.146. The molecular weight excluding hydrogens is 226 g/mol. The van der Waals surface area contributed by atoms with Crippen molar-refractivity contribution in [2.45, 2.75) is 44.1 Å². The van der Waals surface area contributed by atoms with Crippen LogP contribution in [0.3, 0.4) is 0 Å². The van der Waals surface area contributed by atoms with Gasteiger partial charge in [-0.2, -0.15) is 0 Å². The fourth-order valence-corrected chi connectivity index (χ4v) is 2.37. The maximum Gasteiger partial charge on any atom is 0.315 e. The van der Waals surface area contributed by atoms with Gasteiger partial charge >= 0.3 is 5.97 Å². The summed E-state index contributed by atoms with van der Waals surface area (Å²) < 4.78 is 4.90. The molecule has 1 saturated carbocycles. The fraction of sp³-hybridized carbons (Fsp3) is 0.533. The van der Waals surface area contributed by atoms with Gasteiger partial charge in [-0.05, 0) is 44.2 Å². The minimum Gasteiger partial charge on any atom is -0.468 e. The van der Waals surface area contributed by atoms with Crippen LogP contribution in [0.1, 0.15) is 37.8 Å². The molecule has 0 atom stereocenters. The number of nitrogens with two attached hydrogens (primary N) is 1. The molecule has 0 radical (unpaired) electrons. The van der Waals surface area contributed by atoms with Crippen molar-refractivity contribution in [2.24, 2.45) is 5.73 Å². The predicted octanol–water partition coefficient (Wildman–Crippen LogP) is 2.17. The summed E-state index contributed by atoms with van der Waals surface area (Å²) in [5, 5.41) is 0. The molecule has 18 heavy (non-hydrogen) atoms. The summed E-state index contributed by atoms with van der Waals surface area (Å²) in [4.78, 5) is 11.9. The molecule has 98 valence electrons. The van der Waals surface area contributed by atoms with Crippen molar-refractivity contribution in [3.05, 3.63) is 35.4 Å². The number of hydrogen-bond acceptors (Lipinski definition) is 3. The molecule has 1 aliphatic rings. The van der Waals surface area contributed by atoms with Crippen molar-refractivity contribution in [3.8, 4) is 0 Å². The van der Waals surface area contributed by atoms with Crippen LogP contribution in [0.5, 0.6) is 0 Å². The van der Waals surface area contributed by atoms with Crippen LogP contribution in [0.2, 0.25) is 0 Å². The Morgan fingerprint density at radius 3 is 2.56 bits per heavy atom. The van der Waals surface area contributed by atoms with Gasteiger partial charge in [0.05, 0.1) is 12.5 Å². The number of methoxy groups -OCH3 is 1. The summed E-state index contributed by atoms with van der Waals surface area (Å²) in [7, 11) is 1.43. The molecule has 1 aromatic carbocycles. The summed E-state index contributed by atoms with van der Waals surface area (Å²) in [5.41, 5.74) is 7.68. The lowest BCUT2D eigenvalue weighted by atomic mass is 9.80. The Balaban J connectivity index is 2.35. The van der Waals surface area contributed by atoms with Gasteiger partial charge in [-0.25, -0.2) is 0 Å². The minimum absolute atomic E-state index is 0.0533. The number of ether oxygens (including phenoxy) is 1. The maximum absolute atomic E-state index is 11.9. The highest BCUT2D eigenvalue weighted by Gasteiger charge is 2.40. The molecule has 0 saturated heterocycles. The van der Waals surface area contributed by atoms with Gasteiger partial charge in [-0.1, -0.05) is 24.3 Å². The van der Waals surface area contributed by atoms with Gasteiger partial charge in [0.25, 0.3) is 0 Å². The van der Waals surface area contributed by atoms with Crippen LogP contribution in [0.4, 0.5) is 0 Å². The van der Waals surface area contributed by atoms with Crippen LogP contribution in [-0.4, -0.2) is 18.6 Å². The van der Waals surface area contributed by atoms with E-state index in [1.165, 1.54) is 7.11 Å². The van der Waals surface area contributed by atoms with Crippen molar-refractivity contribution in [1.29, 1.82) is 0 Å². The summed E-state index contributed by atoms with van der Waals surface area (Å²) in [6, 6.07) is 8.02. The van der Waals surface area contributed by atoms with Crippen molar-refractivity contribution in [1.82, 2.24) is 0 Å². The molecule has 2 N–H and O–H groups in total. The monoisotopic (exact) mass is 247 g/mol. The molecule has 1 aromatic rings. The Morgan fingerprint density at radius 1 is 1.39 bits per heavy atom. The van der Waals surface area contributed by atoms with E-state index in [1.807, 2.05) is 32.0 Å². The molecule has 2 rings (SSSR count). The van der Waals surface area contributed by atoms with E-state index in [0.29, 0.717) is 0 Å².